The maximum absolute atomic E-state index is 11.3. The van der Waals surface area contributed by atoms with Crippen molar-refractivity contribution in [3.8, 4) is 0 Å². The Morgan fingerprint density at radius 2 is 2.20 bits per heavy atom. The monoisotopic (exact) mass is 274 g/mol. The van der Waals surface area contributed by atoms with Crippen LogP contribution in [0.2, 0.25) is 0 Å². The molecule has 1 aromatic heterocycles. The van der Waals surface area contributed by atoms with Crippen molar-refractivity contribution in [1.82, 2.24) is 20.2 Å². The molecule has 0 saturated carbocycles. The Kier molecular flexibility index (Phi) is 3.63. The molecular formula is C15H22N4O. The van der Waals surface area contributed by atoms with Crippen LogP contribution in [0.1, 0.15) is 24.9 Å². The van der Waals surface area contributed by atoms with E-state index in [-0.39, 0.29) is 5.69 Å². The third kappa shape index (κ3) is 2.78. The normalized spacial score (nSPS) is 21.6. The molecule has 5 nitrogen and oxygen atoms in total. The Morgan fingerprint density at radius 1 is 1.40 bits per heavy atom. The van der Waals surface area contributed by atoms with Crippen LogP contribution in [-0.2, 0) is 0 Å². The quantitative estimate of drug-likeness (QED) is 0.791. The van der Waals surface area contributed by atoms with Gasteiger partial charge in [0.15, 0.2) is 0 Å². The highest BCUT2D eigenvalue weighted by molar-refractivity contribution is 5.75. The number of hydrogen-bond donors (Lipinski definition) is 3. The van der Waals surface area contributed by atoms with E-state index in [0.29, 0.717) is 6.04 Å². The van der Waals surface area contributed by atoms with Gasteiger partial charge in [0.25, 0.3) is 0 Å². The zero-order valence-corrected chi connectivity index (χ0v) is 12.1. The van der Waals surface area contributed by atoms with Crippen LogP contribution < -0.4 is 11.0 Å². The van der Waals surface area contributed by atoms with Gasteiger partial charge in [-0.25, -0.2) is 4.79 Å². The van der Waals surface area contributed by atoms with Crippen LogP contribution in [0.15, 0.2) is 23.0 Å². The summed E-state index contributed by atoms with van der Waals surface area (Å²) in [6, 6.07) is 6.38. The number of fused-ring (bicyclic) bond motifs is 1. The lowest BCUT2D eigenvalue weighted by molar-refractivity contribution is 0.382. The first kappa shape index (κ1) is 13.4. The molecule has 20 heavy (non-hydrogen) atoms. The maximum atomic E-state index is 11.3. The highest BCUT2D eigenvalue weighted by atomic mass is 16.1. The van der Waals surface area contributed by atoms with E-state index < -0.39 is 0 Å². The van der Waals surface area contributed by atoms with E-state index in [1.54, 1.807) is 0 Å². The number of likely N-dealkylation sites (tertiary alicyclic amines) is 1. The molecule has 1 aliphatic rings. The predicted octanol–water partition coefficient (Wildman–Crippen LogP) is 1.46. The van der Waals surface area contributed by atoms with E-state index in [4.69, 9.17) is 0 Å². The van der Waals surface area contributed by atoms with Gasteiger partial charge < -0.3 is 20.2 Å². The Bertz CT molecular complexity index is 645. The van der Waals surface area contributed by atoms with Crippen LogP contribution in [0, 0.1) is 5.92 Å². The third-order valence-electron chi connectivity index (χ3n) is 4.24. The number of imidazole rings is 1. The molecule has 2 unspecified atom stereocenters. The van der Waals surface area contributed by atoms with Gasteiger partial charge in [-0.05, 0) is 57.1 Å². The molecule has 0 radical (unpaired) electrons. The van der Waals surface area contributed by atoms with Crippen LogP contribution in [0.5, 0.6) is 0 Å². The van der Waals surface area contributed by atoms with Crippen molar-refractivity contribution in [2.24, 2.45) is 5.92 Å². The summed E-state index contributed by atoms with van der Waals surface area (Å²) in [4.78, 5) is 19.2. The van der Waals surface area contributed by atoms with Crippen molar-refractivity contribution in [2.75, 3.05) is 26.7 Å². The predicted molar refractivity (Wildman–Crippen MR) is 80.9 cm³/mol. The number of aromatic amines is 2. The van der Waals surface area contributed by atoms with Gasteiger partial charge in [0.05, 0.1) is 11.0 Å². The van der Waals surface area contributed by atoms with Gasteiger partial charge in [0.1, 0.15) is 0 Å². The largest absolute Gasteiger partial charge is 0.323 e. The average Bonchev–Trinajstić information content (AvgIpc) is 2.99. The second-order valence-electron chi connectivity index (χ2n) is 5.93. The van der Waals surface area contributed by atoms with Gasteiger partial charge in [0, 0.05) is 12.6 Å². The highest BCUT2D eigenvalue weighted by Crippen LogP contribution is 2.19. The summed E-state index contributed by atoms with van der Waals surface area (Å²) in [6.07, 6.45) is 1.28. The van der Waals surface area contributed by atoms with Crippen LogP contribution in [0.25, 0.3) is 11.0 Å². The van der Waals surface area contributed by atoms with E-state index in [2.05, 4.69) is 40.2 Å². The molecule has 0 aliphatic carbocycles. The van der Waals surface area contributed by atoms with Crippen LogP contribution >= 0.6 is 0 Å². The number of rotatable bonds is 4. The molecule has 1 saturated heterocycles. The van der Waals surface area contributed by atoms with Gasteiger partial charge in [-0.15, -0.1) is 0 Å². The molecule has 0 bridgehead atoms. The van der Waals surface area contributed by atoms with Crippen molar-refractivity contribution in [3.63, 3.8) is 0 Å². The number of nitrogens with zero attached hydrogens (tertiary/aromatic N) is 1. The molecule has 2 heterocycles. The molecule has 3 rings (SSSR count). The molecule has 3 N–H and O–H groups in total. The van der Waals surface area contributed by atoms with E-state index in [1.807, 2.05) is 12.1 Å². The average molecular weight is 274 g/mol. The summed E-state index contributed by atoms with van der Waals surface area (Å²) in [5.41, 5.74) is 2.80. The minimum Gasteiger partial charge on any atom is -0.310 e. The van der Waals surface area contributed by atoms with E-state index in [9.17, 15) is 4.79 Å². The van der Waals surface area contributed by atoms with Gasteiger partial charge in [-0.1, -0.05) is 6.07 Å². The first-order valence-corrected chi connectivity index (χ1v) is 7.25. The van der Waals surface area contributed by atoms with Crippen LogP contribution in [0.3, 0.4) is 0 Å². The minimum absolute atomic E-state index is 0.147. The molecular weight excluding hydrogens is 252 g/mol. The van der Waals surface area contributed by atoms with Crippen molar-refractivity contribution in [2.45, 2.75) is 19.4 Å². The Balaban J connectivity index is 1.65. The standard InChI is InChI=1S/C15H22N4O/c1-10(16-8-11-5-6-19(2)9-11)12-3-4-13-14(7-12)18-15(20)17-13/h3-4,7,10-11,16H,5-6,8-9H2,1-2H3,(H2,17,18,20). The van der Waals surface area contributed by atoms with Crippen molar-refractivity contribution in [1.29, 1.82) is 0 Å². The Morgan fingerprint density at radius 3 is 2.95 bits per heavy atom. The third-order valence-corrected chi connectivity index (χ3v) is 4.24. The number of aromatic nitrogens is 2. The molecule has 0 amide bonds. The fourth-order valence-electron chi connectivity index (χ4n) is 2.97. The van der Waals surface area contributed by atoms with Gasteiger partial charge >= 0.3 is 5.69 Å². The highest BCUT2D eigenvalue weighted by Gasteiger charge is 2.19. The van der Waals surface area contributed by atoms with Crippen molar-refractivity contribution >= 4 is 11.0 Å². The summed E-state index contributed by atoms with van der Waals surface area (Å²) >= 11 is 0. The van der Waals surface area contributed by atoms with E-state index in [1.165, 1.54) is 25.1 Å². The Hall–Kier alpha value is -1.59. The first-order valence-electron chi connectivity index (χ1n) is 7.25. The fourth-order valence-corrected chi connectivity index (χ4v) is 2.97. The molecule has 1 aliphatic heterocycles. The summed E-state index contributed by atoms with van der Waals surface area (Å²) in [5, 5.41) is 3.60. The fraction of sp³-hybridized carbons (Fsp3) is 0.533. The molecule has 1 fully saturated rings. The van der Waals surface area contributed by atoms with Gasteiger partial charge in [0.2, 0.25) is 0 Å². The van der Waals surface area contributed by atoms with Crippen molar-refractivity contribution < 1.29 is 0 Å². The number of benzene rings is 1. The topological polar surface area (TPSA) is 63.9 Å². The summed E-state index contributed by atoms with van der Waals surface area (Å²) in [6.45, 7) is 5.61. The summed E-state index contributed by atoms with van der Waals surface area (Å²) in [5.74, 6) is 0.748. The lowest BCUT2D eigenvalue weighted by Crippen LogP contribution is -2.27. The maximum Gasteiger partial charge on any atom is 0.323 e. The lowest BCUT2D eigenvalue weighted by Gasteiger charge is -2.17. The number of nitrogens with one attached hydrogen (secondary N) is 3. The van der Waals surface area contributed by atoms with E-state index in [0.717, 1.165) is 23.5 Å². The van der Waals surface area contributed by atoms with Crippen molar-refractivity contribution in [3.05, 3.63) is 34.2 Å². The molecule has 1 aromatic carbocycles. The smallest absolute Gasteiger partial charge is 0.310 e. The molecule has 2 atom stereocenters. The number of H-pyrrole nitrogens is 2. The lowest BCUT2D eigenvalue weighted by atomic mass is 10.1. The molecule has 0 spiro atoms. The zero-order chi connectivity index (χ0) is 14.1. The second kappa shape index (κ2) is 5.42. The number of hydrogen-bond acceptors (Lipinski definition) is 3. The van der Waals surface area contributed by atoms with Crippen LogP contribution in [-0.4, -0.2) is 41.5 Å². The summed E-state index contributed by atoms with van der Waals surface area (Å²) < 4.78 is 0. The SMILES string of the molecule is CC(NCC1CCN(C)C1)c1ccc2[nH]c(=O)[nH]c2c1. The van der Waals surface area contributed by atoms with E-state index >= 15 is 0 Å². The molecule has 5 heteroatoms. The Labute approximate surface area is 118 Å². The zero-order valence-electron chi connectivity index (χ0n) is 12.1. The molecule has 108 valence electrons. The van der Waals surface area contributed by atoms with Gasteiger partial charge in [-0.2, -0.15) is 0 Å². The second-order valence-corrected chi connectivity index (χ2v) is 5.93. The first-order chi connectivity index (χ1) is 9.61. The molecule has 2 aromatic rings. The summed E-state index contributed by atoms with van der Waals surface area (Å²) in [7, 11) is 2.18. The van der Waals surface area contributed by atoms with Crippen LogP contribution in [0.4, 0.5) is 0 Å². The minimum atomic E-state index is -0.147. The van der Waals surface area contributed by atoms with Gasteiger partial charge in [-0.3, -0.25) is 0 Å².